The van der Waals surface area contributed by atoms with Crippen molar-refractivity contribution in [2.45, 2.75) is 19.4 Å². The Morgan fingerprint density at radius 2 is 1.95 bits per heavy atom. The van der Waals surface area contributed by atoms with E-state index in [4.69, 9.17) is 4.74 Å². The fourth-order valence-electron chi connectivity index (χ4n) is 1.56. The van der Waals surface area contributed by atoms with Crippen LogP contribution in [0.5, 0.6) is 5.75 Å². The van der Waals surface area contributed by atoms with E-state index in [9.17, 15) is 4.79 Å². The van der Waals surface area contributed by atoms with Crippen molar-refractivity contribution in [1.82, 2.24) is 4.98 Å². The molecule has 1 N–H and O–H groups in total. The number of aromatic nitrogens is 1. The molecule has 0 spiro atoms. The van der Waals surface area contributed by atoms with Crippen molar-refractivity contribution < 1.29 is 9.53 Å². The second-order valence-electron chi connectivity index (χ2n) is 4.76. The molecule has 0 aliphatic carbocycles. The molecule has 0 radical (unpaired) electrons. The normalized spacial score (nSPS) is 10.9. The number of ether oxygens (including phenoxy) is 1. The van der Waals surface area contributed by atoms with Gasteiger partial charge in [-0.15, -0.1) is 0 Å². The lowest BCUT2D eigenvalue weighted by atomic mass is 10.1. The molecular formula is C15H15BrN2O2. The number of rotatable bonds is 4. The molecule has 1 heterocycles. The monoisotopic (exact) mass is 334 g/mol. The maximum Gasteiger partial charge on any atom is 0.268 e. The number of hydrogen-bond acceptors (Lipinski definition) is 3. The molecule has 4 nitrogen and oxygen atoms in total. The average molecular weight is 335 g/mol. The highest BCUT2D eigenvalue weighted by atomic mass is 79.9. The quantitative estimate of drug-likeness (QED) is 0.928. The van der Waals surface area contributed by atoms with E-state index < -0.39 is 5.60 Å². The van der Waals surface area contributed by atoms with Crippen LogP contribution in [-0.4, -0.2) is 16.5 Å². The van der Waals surface area contributed by atoms with Crippen molar-refractivity contribution >= 4 is 27.5 Å². The molecule has 0 fully saturated rings. The van der Waals surface area contributed by atoms with Crippen molar-refractivity contribution in [3.63, 3.8) is 0 Å². The molecule has 0 bridgehead atoms. The number of carbonyl (C=O) groups is 1. The van der Waals surface area contributed by atoms with Crippen molar-refractivity contribution in [2.75, 3.05) is 5.32 Å². The molecular weight excluding hydrogens is 320 g/mol. The number of pyridine rings is 1. The lowest BCUT2D eigenvalue weighted by Crippen LogP contribution is -2.42. The molecule has 1 amide bonds. The third-order valence-corrected chi connectivity index (χ3v) is 3.18. The Kier molecular flexibility index (Phi) is 4.39. The first-order valence-corrected chi connectivity index (χ1v) is 6.93. The molecule has 0 aliphatic rings. The van der Waals surface area contributed by atoms with Crippen LogP contribution in [0.4, 0.5) is 5.69 Å². The highest BCUT2D eigenvalue weighted by molar-refractivity contribution is 9.10. The van der Waals surface area contributed by atoms with E-state index in [-0.39, 0.29) is 5.91 Å². The van der Waals surface area contributed by atoms with Gasteiger partial charge in [-0.2, -0.15) is 0 Å². The molecule has 2 aromatic rings. The van der Waals surface area contributed by atoms with Crippen LogP contribution in [0.25, 0.3) is 0 Å². The Bertz CT molecular complexity index is 583. The van der Waals surface area contributed by atoms with E-state index in [1.807, 2.05) is 24.3 Å². The topological polar surface area (TPSA) is 51.2 Å². The standard InChI is InChI=1S/C15H15BrN2O2/c1-15(2,20-13-7-5-11(16)6-8-13)14(19)18-12-4-3-9-17-10-12/h3-10H,1-2H3,(H,18,19). The number of benzene rings is 1. The summed E-state index contributed by atoms with van der Waals surface area (Å²) in [4.78, 5) is 16.2. The Hall–Kier alpha value is -1.88. The van der Waals surface area contributed by atoms with Gasteiger partial charge in [0.2, 0.25) is 0 Å². The molecule has 20 heavy (non-hydrogen) atoms. The van der Waals surface area contributed by atoms with Crippen LogP contribution in [-0.2, 0) is 4.79 Å². The van der Waals surface area contributed by atoms with Crippen LogP contribution < -0.4 is 10.1 Å². The molecule has 5 heteroatoms. The third-order valence-electron chi connectivity index (χ3n) is 2.65. The van der Waals surface area contributed by atoms with Gasteiger partial charge in [0.25, 0.3) is 5.91 Å². The van der Waals surface area contributed by atoms with E-state index in [2.05, 4.69) is 26.2 Å². The average Bonchev–Trinajstić information content (AvgIpc) is 2.42. The molecule has 104 valence electrons. The number of anilines is 1. The zero-order valence-electron chi connectivity index (χ0n) is 11.3. The van der Waals surface area contributed by atoms with Crippen molar-refractivity contribution in [2.24, 2.45) is 0 Å². The van der Waals surface area contributed by atoms with E-state index >= 15 is 0 Å². The summed E-state index contributed by atoms with van der Waals surface area (Å²) < 4.78 is 6.70. The maximum absolute atomic E-state index is 12.2. The Labute approximate surface area is 126 Å². The fourth-order valence-corrected chi connectivity index (χ4v) is 1.83. The maximum atomic E-state index is 12.2. The Morgan fingerprint density at radius 1 is 1.25 bits per heavy atom. The lowest BCUT2D eigenvalue weighted by molar-refractivity contribution is -0.128. The predicted octanol–water partition coefficient (Wildman–Crippen LogP) is 3.64. The van der Waals surface area contributed by atoms with Crippen LogP contribution in [0, 0.1) is 0 Å². The fraction of sp³-hybridized carbons (Fsp3) is 0.200. The Balaban J connectivity index is 2.05. The summed E-state index contributed by atoms with van der Waals surface area (Å²) in [6.45, 7) is 3.45. The highest BCUT2D eigenvalue weighted by Crippen LogP contribution is 2.22. The first kappa shape index (κ1) is 14.5. The number of halogens is 1. The predicted molar refractivity (Wildman–Crippen MR) is 81.7 cm³/mol. The zero-order valence-corrected chi connectivity index (χ0v) is 12.8. The summed E-state index contributed by atoms with van der Waals surface area (Å²) in [5.41, 5.74) is -0.339. The second kappa shape index (κ2) is 6.05. The minimum Gasteiger partial charge on any atom is -0.478 e. The lowest BCUT2D eigenvalue weighted by Gasteiger charge is -2.25. The number of nitrogens with zero attached hydrogens (tertiary/aromatic N) is 1. The first-order valence-electron chi connectivity index (χ1n) is 6.13. The van der Waals surface area contributed by atoms with Crippen LogP contribution in [0.2, 0.25) is 0 Å². The van der Waals surface area contributed by atoms with Gasteiger partial charge < -0.3 is 10.1 Å². The van der Waals surface area contributed by atoms with Crippen molar-refractivity contribution in [3.8, 4) is 5.75 Å². The van der Waals surface area contributed by atoms with E-state index in [1.54, 1.807) is 38.4 Å². The summed E-state index contributed by atoms with van der Waals surface area (Å²) in [5.74, 6) is 0.410. The third kappa shape index (κ3) is 3.81. The van der Waals surface area contributed by atoms with Crippen LogP contribution in [0.15, 0.2) is 53.3 Å². The van der Waals surface area contributed by atoms with E-state index in [0.29, 0.717) is 11.4 Å². The van der Waals surface area contributed by atoms with Crippen molar-refractivity contribution in [1.29, 1.82) is 0 Å². The van der Waals surface area contributed by atoms with Gasteiger partial charge in [-0.25, -0.2) is 0 Å². The van der Waals surface area contributed by atoms with Gasteiger partial charge in [0.1, 0.15) is 5.75 Å². The van der Waals surface area contributed by atoms with Gasteiger partial charge in [-0.05, 0) is 50.2 Å². The van der Waals surface area contributed by atoms with Crippen LogP contribution >= 0.6 is 15.9 Å². The van der Waals surface area contributed by atoms with E-state index in [1.165, 1.54) is 0 Å². The second-order valence-corrected chi connectivity index (χ2v) is 5.68. The summed E-state index contributed by atoms with van der Waals surface area (Å²) in [7, 11) is 0. The molecule has 1 aromatic heterocycles. The summed E-state index contributed by atoms with van der Waals surface area (Å²) in [6, 6.07) is 10.9. The number of hydrogen-bond donors (Lipinski definition) is 1. The van der Waals surface area contributed by atoms with Gasteiger partial charge in [0, 0.05) is 10.7 Å². The van der Waals surface area contributed by atoms with Gasteiger partial charge in [0.05, 0.1) is 11.9 Å². The summed E-state index contributed by atoms with van der Waals surface area (Å²) in [6.07, 6.45) is 3.24. The Morgan fingerprint density at radius 3 is 2.55 bits per heavy atom. The highest BCUT2D eigenvalue weighted by Gasteiger charge is 2.30. The SMILES string of the molecule is CC(C)(Oc1ccc(Br)cc1)C(=O)Nc1cccnc1. The molecule has 1 aromatic carbocycles. The van der Waals surface area contributed by atoms with Crippen molar-refractivity contribution in [3.05, 3.63) is 53.3 Å². The van der Waals surface area contributed by atoms with Gasteiger partial charge >= 0.3 is 0 Å². The van der Waals surface area contributed by atoms with Gasteiger partial charge in [-0.1, -0.05) is 15.9 Å². The number of nitrogens with one attached hydrogen (secondary N) is 1. The zero-order chi connectivity index (χ0) is 14.6. The summed E-state index contributed by atoms with van der Waals surface area (Å²) in [5, 5.41) is 2.78. The van der Waals surface area contributed by atoms with Crippen LogP contribution in [0.1, 0.15) is 13.8 Å². The van der Waals surface area contributed by atoms with Gasteiger partial charge in [0.15, 0.2) is 5.60 Å². The molecule has 0 saturated carbocycles. The first-order chi connectivity index (χ1) is 9.47. The van der Waals surface area contributed by atoms with Crippen LogP contribution in [0.3, 0.4) is 0 Å². The minimum atomic E-state index is -0.982. The largest absolute Gasteiger partial charge is 0.478 e. The van der Waals surface area contributed by atoms with E-state index in [0.717, 1.165) is 4.47 Å². The number of carbonyl (C=O) groups excluding carboxylic acids is 1. The minimum absolute atomic E-state index is 0.228. The molecule has 0 saturated heterocycles. The van der Waals surface area contributed by atoms with Gasteiger partial charge in [-0.3, -0.25) is 9.78 Å². The molecule has 0 unspecified atom stereocenters. The number of amides is 1. The molecule has 0 atom stereocenters. The smallest absolute Gasteiger partial charge is 0.268 e. The molecule has 0 aliphatic heterocycles. The molecule has 2 rings (SSSR count). The summed E-state index contributed by atoms with van der Waals surface area (Å²) >= 11 is 3.36.